The van der Waals surface area contributed by atoms with Crippen LogP contribution in [-0.2, 0) is 0 Å². The topological polar surface area (TPSA) is 6.48 Å². The Labute approximate surface area is 56.4 Å². The summed E-state index contributed by atoms with van der Waals surface area (Å²) in [7, 11) is 4.46. The van der Waals surface area contributed by atoms with Gasteiger partial charge >= 0.3 is 0 Å². The highest BCUT2D eigenvalue weighted by molar-refractivity contribution is 5.00. The van der Waals surface area contributed by atoms with Gasteiger partial charge in [0, 0.05) is 18.6 Å². The van der Waals surface area contributed by atoms with E-state index in [0.29, 0.717) is 0 Å². The monoisotopic (exact) mass is 126 g/mol. The van der Waals surface area contributed by atoms with E-state index in [2.05, 4.69) is 23.9 Å². The zero-order valence-electron chi connectivity index (χ0n) is 6.17. The van der Waals surface area contributed by atoms with Crippen LogP contribution in [0.4, 0.5) is 0 Å². The van der Waals surface area contributed by atoms with E-state index < -0.39 is 0 Å². The molecular formula is C7H14N2. The highest BCUT2D eigenvalue weighted by Crippen LogP contribution is 2.28. The Morgan fingerprint density at radius 1 is 1.11 bits per heavy atom. The number of hydrogen-bond donors (Lipinski definition) is 0. The second-order valence-corrected chi connectivity index (χ2v) is 3.34. The van der Waals surface area contributed by atoms with Crippen molar-refractivity contribution in [3.8, 4) is 0 Å². The number of rotatable bonds is 0. The van der Waals surface area contributed by atoms with Gasteiger partial charge in [-0.1, -0.05) is 0 Å². The molecule has 2 unspecified atom stereocenters. The molecule has 0 radical (unpaired) electrons. The van der Waals surface area contributed by atoms with E-state index in [-0.39, 0.29) is 0 Å². The van der Waals surface area contributed by atoms with E-state index in [4.69, 9.17) is 0 Å². The molecule has 2 fully saturated rings. The standard InChI is InChI=1S/C7H14N2/c1-8-4-3-6-7(8)5-9(6)2/h6-7H,3-5H2,1-2H3. The Bertz CT molecular complexity index is 122. The van der Waals surface area contributed by atoms with Crippen LogP contribution < -0.4 is 0 Å². The Morgan fingerprint density at radius 3 is 2.33 bits per heavy atom. The van der Waals surface area contributed by atoms with Crippen LogP contribution in [0.1, 0.15) is 6.42 Å². The van der Waals surface area contributed by atoms with Crippen molar-refractivity contribution in [1.82, 2.24) is 9.80 Å². The first-order valence-electron chi connectivity index (χ1n) is 3.69. The summed E-state index contributed by atoms with van der Waals surface area (Å²) in [4.78, 5) is 4.93. The van der Waals surface area contributed by atoms with Crippen molar-refractivity contribution in [2.75, 3.05) is 27.2 Å². The third-order valence-corrected chi connectivity index (χ3v) is 2.83. The van der Waals surface area contributed by atoms with Gasteiger partial charge in [0.1, 0.15) is 0 Å². The smallest absolute Gasteiger partial charge is 0.0376 e. The van der Waals surface area contributed by atoms with Gasteiger partial charge in [0.25, 0.3) is 0 Å². The van der Waals surface area contributed by atoms with E-state index >= 15 is 0 Å². The van der Waals surface area contributed by atoms with Gasteiger partial charge in [-0.25, -0.2) is 0 Å². The molecular weight excluding hydrogens is 112 g/mol. The maximum absolute atomic E-state index is 2.48. The van der Waals surface area contributed by atoms with E-state index in [1.54, 1.807) is 0 Å². The Kier molecular flexibility index (Phi) is 1.08. The van der Waals surface area contributed by atoms with E-state index in [1.807, 2.05) is 0 Å². The summed E-state index contributed by atoms with van der Waals surface area (Å²) in [5.41, 5.74) is 0. The Morgan fingerprint density at radius 2 is 1.89 bits per heavy atom. The third kappa shape index (κ3) is 0.634. The first-order valence-corrected chi connectivity index (χ1v) is 3.69. The Hall–Kier alpha value is -0.0800. The Balaban J connectivity index is 2.03. The number of hydrogen-bond acceptors (Lipinski definition) is 2. The lowest BCUT2D eigenvalue weighted by atomic mass is 9.99. The van der Waals surface area contributed by atoms with Crippen LogP contribution in [0.2, 0.25) is 0 Å². The highest BCUT2D eigenvalue weighted by atomic mass is 15.3. The molecule has 2 rings (SSSR count). The minimum atomic E-state index is 0.898. The van der Waals surface area contributed by atoms with Gasteiger partial charge in [-0.05, 0) is 27.1 Å². The quantitative estimate of drug-likeness (QED) is 0.451. The molecule has 2 heterocycles. The first kappa shape index (κ1) is 5.69. The molecule has 2 heteroatoms. The van der Waals surface area contributed by atoms with E-state index in [1.165, 1.54) is 19.5 Å². The predicted molar refractivity (Wildman–Crippen MR) is 37.5 cm³/mol. The van der Waals surface area contributed by atoms with Gasteiger partial charge in [-0.2, -0.15) is 0 Å². The van der Waals surface area contributed by atoms with Crippen LogP contribution >= 0.6 is 0 Å². The number of fused-ring (bicyclic) bond motifs is 1. The number of likely N-dealkylation sites (tertiary alicyclic amines) is 2. The molecule has 2 nitrogen and oxygen atoms in total. The first-order chi connectivity index (χ1) is 4.29. The summed E-state index contributed by atoms with van der Waals surface area (Å²) < 4.78 is 0. The summed E-state index contributed by atoms with van der Waals surface area (Å²) in [6.45, 7) is 2.60. The third-order valence-electron chi connectivity index (χ3n) is 2.83. The van der Waals surface area contributed by atoms with Gasteiger partial charge < -0.3 is 9.80 Å². The highest BCUT2D eigenvalue weighted by Gasteiger charge is 2.42. The van der Waals surface area contributed by atoms with Crippen molar-refractivity contribution < 1.29 is 0 Å². The molecule has 0 N–H and O–H groups in total. The van der Waals surface area contributed by atoms with Gasteiger partial charge in [0.05, 0.1) is 0 Å². The molecule has 52 valence electrons. The summed E-state index contributed by atoms with van der Waals surface area (Å²) in [6, 6.07) is 1.80. The van der Waals surface area contributed by atoms with Crippen LogP contribution in [0.15, 0.2) is 0 Å². The molecule has 0 aliphatic carbocycles. The van der Waals surface area contributed by atoms with E-state index in [0.717, 1.165) is 12.1 Å². The largest absolute Gasteiger partial charge is 0.301 e. The summed E-state index contributed by atoms with van der Waals surface area (Å²) in [5, 5.41) is 0. The van der Waals surface area contributed by atoms with Gasteiger partial charge in [-0.15, -0.1) is 0 Å². The summed E-state index contributed by atoms with van der Waals surface area (Å²) in [5.74, 6) is 0. The molecule has 0 aromatic rings. The summed E-state index contributed by atoms with van der Waals surface area (Å²) >= 11 is 0. The molecule has 0 bridgehead atoms. The molecule has 0 aromatic carbocycles. The lowest BCUT2D eigenvalue weighted by molar-refractivity contribution is 0.0574. The lowest BCUT2D eigenvalue weighted by Gasteiger charge is -2.43. The van der Waals surface area contributed by atoms with Crippen molar-refractivity contribution in [3.63, 3.8) is 0 Å². The molecule has 0 amide bonds. The second-order valence-electron chi connectivity index (χ2n) is 3.34. The minimum Gasteiger partial charge on any atom is -0.301 e. The SMILES string of the molecule is CN1CCC2C1CN2C. The van der Waals surface area contributed by atoms with Crippen molar-refractivity contribution in [1.29, 1.82) is 0 Å². The summed E-state index contributed by atoms with van der Waals surface area (Å²) in [6.07, 6.45) is 1.39. The predicted octanol–water partition coefficient (Wildman–Crippen LogP) is 0.00450. The molecule has 2 atom stereocenters. The molecule has 0 saturated carbocycles. The van der Waals surface area contributed by atoms with Crippen LogP contribution in [-0.4, -0.2) is 49.1 Å². The van der Waals surface area contributed by atoms with Crippen molar-refractivity contribution in [2.45, 2.75) is 18.5 Å². The van der Waals surface area contributed by atoms with Gasteiger partial charge in [0.15, 0.2) is 0 Å². The zero-order chi connectivity index (χ0) is 6.43. The average molecular weight is 126 g/mol. The van der Waals surface area contributed by atoms with Crippen molar-refractivity contribution in [2.24, 2.45) is 0 Å². The number of nitrogens with zero attached hydrogens (tertiary/aromatic N) is 2. The maximum Gasteiger partial charge on any atom is 0.0376 e. The van der Waals surface area contributed by atoms with Crippen LogP contribution in [0.25, 0.3) is 0 Å². The van der Waals surface area contributed by atoms with Gasteiger partial charge in [0.2, 0.25) is 0 Å². The van der Waals surface area contributed by atoms with Crippen molar-refractivity contribution in [3.05, 3.63) is 0 Å². The average Bonchev–Trinajstić information content (AvgIpc) is 2.07. The second kappa shape index (κ2) is 1.70. The molecule has 0 aromatic heterocycles. The fourth-order valence-electron chi connectivity index (χ4n) is 2.06. The maximum atomic E-state index is 2.48. The fourth-order valence-corrected chi connectivity index (χ4v) is 2.06. The van der Waals surface area contributed by atoms with Crippen LogP contribution in [0.3, 0.4) is 0 Å². The molecule has 2 aliphatic rings. The zero-order valence-corrected chi connectivity index (χ0v) is 6.17. The molecule has 2 aliphatic heterocycles. The van der Waals surface area contributed by atoms with Crippen molar-refractivity contribution >= 4 is 0 Å². The molecule has 2 saturated heterocycles. The van der Waals surface area contributed by atoms with Crippen LogP contribution in [0.5, 0.6) is 0 Å². The fraction of sp³-hybridized carbons (Fsp3) is 1.00. The minimum absolute atomic E-state index is 0.898. The van der Waals surface area contributed by atoms with E-state index in [9.17, 15) is 0 Å². The lowest BCUT2D eigenvalue weighted by Crippen LogP contribution is -2.58. The normalized spacial score (nSPS) is 44.7. The van der Waals surface area contributed by atoms with Crippen LogP contribution in [0, 0.1) is 0 Å². The molecule has 9 heavy (non-hydrogen) atoms. The van der Waals surface area contributed by atoms with Gasteiger partial charge in [-0.3, -0.25) is 0 Å². The number of likely N-dealkylation sites (N-methyl/N-ethyl adjacent to an activating group) is 2. The molecule has 0 spiro atoms.